The van der Waals surface area contributed by atoms with Crippen LogP contribution < -0.4 is 0 Å². The van der Waals surface area contributed by atoms with Crippen LogP contribution in [0.5, 0.6) is 0 Å². The number of carbonyl (C=O) groups excluding carboxylic acids is 2. The van der Waals surface area contributed by atoms with E-state index in [0.29, 0.717) is 41.9 Å². The summed E-state index contributed by atoms with van der Waals surface area (Å²) >= 11 is 6.26. The summed E-state index contributed by atoms with van der Waals surface area (Å²) in [6.07, 6.45) is 9.82. The number of nitrogens with zero attached hydrogens (tertiary/aromatic N) is 2. The van der Waals surface area contributed by atoms with Gasteiger partial charge in [-0.25, -0.2) is 4.79 Å². The highest BCUT2D eigenvalue weighted by atomic mass is 35.5. The average Bonchev–Trinajstić information content (AvgIpc) is 3.43. The molecule has 0 heterocycles. The second kappa shape index (κ2) is 15.0. The zero-order valence-corrected chi connectivity index (χ0v) is 36.7. The number of allylic oxidation sites excluding steroid dienone is 3. The Morgan fingerprint density at radius 2 is 1.52 bits per heavy atom. The van der Waals surface area contributed by atoms with Gasteiger partial charge in [0.25, 0.3) is 0 Å². The molecule has 0 saturated heterocycles. The minimum absolute atomic E-state index is 0. The van der Waals surface area contributed by atoms with E-state index in [-0.39, 0.29) is 57.6 Å². The minimum atomic E-state index is -0.895. The van der Waals surface area contributed by atoms with Gasteiger partial charge in [0, 0.05) is 31.1 Å². The molecule has 1 N–H and O–H groups in total. The highest BCUT2D eigenvalue weighted by Gasteiger charge is 2.70. The third-order valence-corrected chi connectivity index (χ3v) is 16.5. The lowest BCUT2D eigenvalue weighted by Gasteiger charge is -2.71. The molecule has 7 atom stereocenters. The van der Waals surface area contributed by atoms with Crippen LogP contribution in [0.3, 0.4) is 0 Å². The van der Waals surface area contributed by atoms with Crippen molar-refractivity contribution in [1.82, 2.24) is 9.80 Å². The van der Waals surface area contributed by atoms with Crippen molar-refractivity contribution in [3.05, 3.63) is 87.5 Å². The molecule has 0 radical (unpaired) electrons. The number of fused-ring (bicyclic) bond motifs is 7. The smallest absolute Gasteiger partial charge is 0.335 e. The van der Waals surface area contributed by atoms with Gasteiger partial charge in [0.1, 0.15) is 0 Å². The maximum atomic E-state index is 15.4. The molecule has 0 spiro atoms. The van der Waals surface area contributed by atoms with Gasteiger partial charge in [-0.15, -0.1) is 12.4 Å². The van der Waals surface area contributed by atoms with E-state index in [9.17, 15) is 14.7 Å². The molecule has 7 rings (SSSR count). The summed E-state index contributed by atoms with van der Waals surface area (Å²) < 4.78 is 0. The fourth-order valence-corrected chi connectivity index (χ4v) is 13.6. The summed E-state index contributed by atoms with van der Waals surface area (Å²) in [5.41, 5.74) is 5.24. The first-order chi connectivity index (χ1) is 25.8. The van der Waals surface area contributed by atoms with Crippen molar-refractivity contribution in [2.75, 3.05) is 27.2 Å². The number of hydrogen-bond acceptors (Lipinski definition) is 4. The molecule has 0 aromatic heterocycles. The summed E-state index contributed by atoms with van der Waals surface area (Å²) in [5.74, 6) is 0.682. The molecule has 3 saturated carbocycles. The molecule has 0 aliphatic heterocycles. The van der Waals surface area contributed by atoms with Crippen molar-refractivity contribution in [3.8, 4) is 0 Å². The summed E-state index contributed by atoms with van der Waals surface area (Å²) in [5, 5.41) is 10.2. The number of hydrogen-bond donors (Lipinski definition) is 1. The van der Waals surface area contributed by atoms with E-state index < -0.39 is 11.4 Å². The van der Waals surface area contributed by atoms with Crippen LogP contribution in [0.4, 0.5) is 0 Å². The summed E-state index contributed by atoms with van der Waals surface area (Å²) in [4.78, 5) is 45.5. The molecule has 5 aliphatic carbocycles. The zero-order chi connectivity index (χ0) is 39.9. The molecule has 5 aliphatic rings. The SMILES string of the molecule is CC(C)C1=C2[C@H]3CC[C@@H]4[C@@]5(C)CC=C(c6ccc(C(=O)O)cc6)C(C)(C)[C@@H]5CC[C@@]4(C)[C@]3(C)CC[C@@]2(C(=O)N(CCN(C)C)Cc2ccc(Cl)cc2)CC1=O.Cl. The highest BCUT2D eigenvalue weighted by molar-refractivity contribution is 6.30. The van der Waals surface area contributed by atoms with E-state index in [0.717, 1.165) is 68.2 Å². The molecule has 2 aromatic rings. The normalized spacial score (nSPS) is 33.2. The Kier molecular flexibility index (Phi) is 11.4. The van der Waals surface area contributed by atoms with Crippen LogP contribution in [-0.4, -0.2) is 59.8 Å². The maximum absolute atomic E-state index is 15.4. The van der Waals surface area contributed by atoms with Crippen molar-refractivity contribution in [3.63, 3.8) is 0 Å². The van der Waals surface area contributed by atoms with Gasteiger partial charge in [-0.3, -0.25) is 9.59 Å². The Balaban J connectivity index is 0.00000532. The van der Waals surface area contributed by atoms with Crippen molar-refractivity contribution in [2.24, 2.45) is 50.7 Å². The first-order valence-corrected chi connectivity index (χ1v) is 21.2. The fourth-order valence-electron chi connectivity index (χ4n) is 13.5. The van der Waals surface area contributed by atoms with Gasteiger partial charge in [-0.05, 0) is 156 Å². The van der Waals surface area contributed by atoms with Crippen LogP contribution in [0.2, 0.25) is 5.02 Å². The van der Waals surface area contributed by atoms with E-state index in [1.807, 2.05) is 55.4 Å². The molecule has 2 aromatic carbocycles. The number of ketones is 1. The predicted octanol–water partition coefficient (Wildman–Crippen LogP) is 11.0. The Bertz CT molecular complexity index is 1930. The first-order valence-electron chi connectivity index (χ1n) is 20.8. The van der Waals surface area contributed by atoms with Crippen LogP contribution in [-0.2, 0) is 16.1 Å². The number of benzene rings is 2. The standard InChI is InChI=1S/C48H63ClN2O4.ClH/c1-30(2)40-37(52)28-48(43(55)51(27-26-50(8)9)29-31-10-16-34(49)17-11-31)25-24-46(6)36(41(40)48)18-19-39-45(5)22-20-35(32-12-14-33(15-13-32)42(53)54)44(3,4)38(45)21-23-47(39,46)7;/h10-17,20,30,36,38-39H,18-19,21-29H2,1-9H3,(H,53,54);1H/t36-,38+,39-,45+,46-,47-,48-;/m1./s1. The lowest BCUT2D eigenvalue weighted by molar-refractivity contribution is -0.198. The largest absolute Gasteiger partial charge is 0.478 e. The molecule has 0 bridgehead atoms. The molecule has 1 amide bonds. The van der Waals surface area contributed by atoms with E-state index >= 15 is 4.79 Å². The Labute approximate surface area is 346 Å². The molecular weight excluding hydrogens is 739 g/mol. The van der Waals surface area contributed by atoms with Crippen molar-refractivity contribution in [1.29, 1.82) is 0 Å². The first kappa shape index (κ1) is 42.7. The second-order valence-corrected chi connectivity index (χ2v) is 20.3. The number of Topliss-reactive ketones (excluding diaryl/α,β-unsaturated/α-hetero) is 1. The fraction of sp³-hybridized carbons (Fsp3) is 0.604. The van der Waals surface area contributed by atoms with Gasteiger partial charge in [0.2, 0.25) is 5.91 Å². The molecule has 3 fully saturated rings. The van der Waals surface area contributed by atoms with Gasteiger partial charge in [-0.2, -0.15) is 0 Å². The third-order valence-electron chi connectivity index (χ3n) is 16.3. The third kappa shape index (κ3) is 6.53. The number of carbonyl (C=O) groups is 3. The minimum Gasteiger partial charge on any atom is -0.478 e. The number of halogens is 2. The molecule has 8 heteroatoms. The molecule has 304 valence electrons. The van der Waals surface area contributed by atoms with Crippen LogP contribution in [0.15, 0.2) is 65.8 Å². The van der Waals surface area contributed by atoms with Crippen molar-refractivity contribution >= 4 is 47.2 Å². The Morgan fingerprint density at radius 1 is 0.857 bits per heavy atom. The number of likely N-dealkylation sites (N-methyl/N-ethyl adjacent to an activating group) is 1. The second-order valence-electron chi connectivity index (χ2n) is 19.9. The lowest BCUT2D eigenvalue weighted by atomic mass is 9.33. The molecule has 6 nitrogen and oxygen atoms in total. The van der Waals surface area contributed by atoms with Gasteiger partial charge < -0.3 is 14.9 Å². The van der Waals surface area contributed by atoms with Crippen LogP contribution >= 0.6 is 24.0 Å². The summed E-state index contributed by atoms with van der Waals surface area (Å²) in [6.45, 7) is 18.7. The van der Waals surface area contributed by atoms with Crippen molar-refractivity contribution < 1.29 is 19.5 Å². The van der Waals surface area contributed by atoms with E-state index in [1.165, 1.54) is 11.1 Å². The van der Waals surface area contributed by atoms with Gasteiger partial charge >= 0.3 is 5.97 Å². The predicted molar refractivity (Wildman–Crippen MR) is 229 cm³/mol. The number of carboxylic acid groups (broad SMARTS) is 1. The zero-order valence-electron chi connectivity index (χ0n) is 35.1. The highest BCUT2D eigenvalue weighted by Crippen LogP contribution is 2.77. The Hall–Kier alpha value is -2.93. The summed E-state index contributed by atoms with van der Waals surface area (Å²) in [7, 11) is 4.10. The maximum Gasteiger partial charge on any atom is 0.335 e. The monoisotopic (exact) mass is 802 g/mol. The number of amides is 1. The van der Waals surface area contributed by atoms with E-state index in [4.69, 9.17) is 11.6 Å². The summed E-state index contributed by atoms with van der Waals surface area (Å²) in [6, 6.07) is 15.3. The van der Waals surface area contributed by atoms with Crippen LogP contribution in [0.1, 0.15) is 121 Å². The topological polar surface area (TPSA) is 77.9 Å². The molecule has 56 heavy (non-hydrogen) atoms. The quantitative estimate of drug-likeness (QED) is 0.273. The van der Waals surface area contributed by atoms with Crippen molar-refractivity contribution in [2.45, 2.75) is 106 Å². The number of rotatable bonds is 9. The molecular formula is C48H64Cl2N2O4. The van der Waals surface area contributed by atoms with E-state index in [1.54, 1.807) is 12.1 Å². The van der Waals surface area contributed by atoms with Gasteiger partial charge in [0.15, 0.2) is 5.78 Å². The molecule has 0 unspecified atom stereocenters. The number of aromatic carboxylic acids is 1. The Morgan fingerprint density at radius 3 is 2.12 bits per heavy atom. The van der Waals surface area contributed by atoms with Gasteiger partial charge in [-0.1, -0.05) is 90.4 Å². The van der Waals surface area contributed by atoms with Crippen LogP contribution in [0.25, 0.3) is 5.57 Å². The average molecular weight is 804 g/mol. The van der Waals surface area contributed by atoms with E-state index in [2.05, 4.69) is 59.4 Å². The number of carboxylic acids is 1. The van der Waals surface area contributed by atoms with Crippen LogP contribution in [0, 0.1) is 50.7 Å². The lowest BCUT2D eigenvalue weighted by Crippen LogP contribution is -2.64. The van der Waals surface area contributed by atoms with Gasteiger partial charge in [0.05, 0.1) is 11.0 Å².